The number of hydrogen-bond donors (Lipinski definition) is 2. The van der Waals surface area contributed by atoms with Crippen molar-refractivity contribution in [3.8, 4) is 23.0 Å². The molecule has 0 aromatic heterocycles. The van der Waals surface area contributed by atoms with E-state index in [-0.39, 0.29) is 12.2 Å². The number of aromatic carboxylic acids is 1. The molecule has 3 rings (SSSR count). The Kier molecular flexibility index (Phi) is 9.51. The first-order chi connectivity index (χ1) is 17.4. The molecule has 1 amide bonds. The minimum absolute atomic E-state index is 0.213. The third kappa shape index (κ3) is 6.87. The van der Waals surface area contributed by atoms with Crippen molar-refractivity contribution in [1.29, 1.82) is 0 Å². The van der Waals surface area contributed by atoms with E-state index in [2.05, 4.69) is 33.1 Å². The van der Waals surface area contributed by atoms with Crippen LogP contribution in [0.5, 0.6) is 23.0 Å². The van der Waals surface area contributed by atoms with E-state index in [1.165, 1.54) is 32.6 Å². The van der Waals surface area contributed by atoms with E-state index >= 15 is 0 Å². The highest BCUT2D eigenvalue weighted by atomic mass is 127. The smallest absolute Gasteiger partial charge is 0.335 e. The van der Waals surface area contributed by atoms with Crippen LogP contribution in [0.1, 0.15) is 38.8 Å². The molecule has 0 spiro atoms. The molecule has 0 unspecified atom stereocenters. The van der Waals surface area contributed by atoms with Gasteiger partial charge < -0.3 is 24.1 Å². The van der Waals surface area contributed by atoms with Crippen molar-refractivity contribution < 1.29 is 33.6 Å². The first-order valence-electron chi connectivity index (χ1n) is 10.8. The number of carboxylic acids is 1. The third-order valence-corrected chi connectivity index (χ3v) is 5.74. The largest absolute Gasteiger partial charge is 0.493 e. The van der Waals surface area contributed by atoms with Crippen molar-refractivity contribution >= 4 is 40.7 Å². The Balaban J connectivity index is 1.71. The molecule has 0 saturated carbocycles. The number of carbonyl (C=O) groups excluding carboxylic acids is 1. The van der Waals surface area contributed by atoms with Crippen molar-refractivity contribution in [1.82, 2.24) is 5.43 Å². The number of ether oxygens (including phenoxy) is 4. The second-order valence-corrected chi connectivity index (χ2v) is 8.48. The summed E-state index contributed by atoms with van der Waals surface area (Å²) >= 11 is 2.14. The van der Waals surface area contributed by atoms with Gasteiger partial charge in [-0.25, -0.2) is 10.2 Å². The molecule has 2 N–H and O–H groups in total. The van der Waals surface area contributed by atoms with E-state index in [1.54, 1.807) is 36.4 Å². The van der Waals surface area contributed by atoms with E-state index in [0.29, 0.717) is 40.7 Å². The molecule has 0 aliphatic heterocycles. The molecule has 0 bridgehead atoms. The van der Waals surface area contributed by atoms with Crippen molar-refractivity contribution in [2.75, 3.05) is 20.8 Å². The highest BCUT2D eigenvalue weighted by Crippen LogP contribution is 2.34. The molecule has 10 heteroatoms. The molecule has 36 heavy (non-hydrogen) atoms. The lowest BCUT2D eigenvalue weighted by atomic mass is 10.1. The quantitative estimate of drug-likeness (QED) is 0.185. The Bertz CT molecular complexity index is 1260. The fourth-order valence-corrected chi connectivity index (χ4v) is 3.95. The van der Waals surface area contributed by atoms with Crippen LogP contribution in [-0.2, 0) is 6.61 Å². The summed E-state index contributed by atoms with van der Waals surface area (Å²) in [4.78, 5) is 23.5. The summed E-state index contributed by atoms with van der Waals surface area (Å²) in [5.74, 6) is 0.674. The minimum atomic E-state index is -0.979. The maximum absolute atomic E-state index is 12.5. The first kappa shape index (κ1) is 26.8. The molecule has 0 heterocycles. The molecule has 3 aromatic carbocycles. The van der Waals surface area contributed by atoms with Gasteiger partial charge in [0.25, 0.3) is 5.91 Å². The van der Waals surface area contributed by atoms with Crippen LogP contribution in [0, 0.1) is 3.57 Å². The average Bonchev–Trinajstić information content (AvgIpc) is 2.88. The second kappa shape index (κ2) is 12.8. The molecule has 0 atom stereocenters. The second-order valence-electron chi connectivity index (χ2n) is 7.32. The summed E-state index contributed by atoms with van der Waals surface area (Å²) in [6.07, 6.45) is 1.51. The molecular formula is C26H25IN2O7. The zero-order valence-corrected chi connectivity index (χ0v) is 22.1. The number of nitrogens with zero attached hydrogens (tertiary/aromatic N) is 1. The predicted octanol–water partition coefficient (Wildman–Crippen LogP) is 4.75. The zero-order chi connectivity index (χ0) is 26.1. The fourth-order valence-electron chi connectivity index (χ4n) is 3.17. The molecule has 0 aliphatic carbocycles. The number of hydrogen-bond acceptors (Lipinski definition) is 7. The highest BCUT2D eigenvalue weighted by Gasteiger charge is 2.13. The third-order valence-electron chi connectivity index (χ3n) is 4.94. The van der Waals surface area contributed by atoms with Crippen LogP contribution in [-0.4, -0.2) is 44.0 Å². The van der Waals surface area contributed by atoms with E-state index in [4.69, 9.17) is 24.1 Å². The Hall–Kier alpha value is -3.80. The Morgan fingerprint density at radius 3 is 2.28 bits per heavy atom. The van der Waals surface area contributed by atoms with Crippen molar-refractivity contribution in [3.05, 3.63) is 80.4 Å². The lowest BCUT2D eigenvalue weighted by molar-refractivity contribution is 0.0696. The van der Waals surface area contributed by atoms with Crippen molar-refractivity contribution in [2.45, 2.75) is 13.5 Å². The van der Waals surface area contributed by atoms with Gasteiger partial charge in [0, 0.05) is 5.56 Å². The lowest BCUT2D eigenvalue weighted by Crippen LogP contribution is -2.17. The first-order valence-corrected chi connectivity index (χ1v) is 11.9. The average molecular weight is 604 g/mol. The van der Waals surface area contributed by atoms with Crippen molar-refractivity contribution in [2.24, 2.45) is 5.10 Å². The predicted molar refractivity (Wildman–Crippen MR) is 143 cm³/mol. The number of hydrazone groups is 1. The minimum Gasteiger partial charge on any atom is -0.493 e. The van der Waals surface area contributed by atoms with Gasteiger partial charge in [-0.1, -0.05) is 12.1 Å². The van der Waals surface area contributed by atoms with Gasteiger partial charge in [-0.2, -0.15) is 5.10 Å². The topological polar surface area (TPSA) is 116 Å². The normalized spacial score (nSPS) is 10.7. The van der Waals surface area contributed by atoms with E-state index in [0.717, 1.165) is 9.13 Å². The van der Waals surface area contributed by atoms with E-state index in [1.807, 2.05) is 13.0 Å². The van der Waals surface area contributed by atoms with Crippen LogP contribution >= 0.6 is 22.6 Å². The summed E-state index contributed by atoms with van der Waals surface area (Å²) in [6.45, 7) is 2.53. The highest BCUT2D eigenvalue weighted by molar-refractivity contribution is 14.1. The standard InChI is InChI=1S/C26H25IN2O7/c1-4-35-23-12-17(14-28-29-25(30)19-9-10-21(33-2)22(13-19)34-3)11-20(27)24(23)36-15-16-5-7-18(8-6-16)26(31)32/h5-14H,4,15H2,1-3H3,(H,29,30)(H,31,32)/b28-14+. The van der Waals surface area contributed by atoms with Crippen LogP contribution in [0.15, 0.2) is 59.7 Å². The summed E-state index contributed by atoms with van der Waals surface area (Å²) in [5.41, 5.74) is 4.61. The van der Waals surface area contributed by atoms with Crippen molar-refractivity contribution in [3.63, 3.8) is 0 Å². The van der Waals surface area contributed by atoms with Gasteiger partial charge in [0.1, 0.15) is 6.61 Å². The molecule has 0 fully saturated rings. The maximum atomic E-state index is 12.5. The summed E-state index contributed by atoms with van der Waals surface area (Å²) in [7, 11) is 3.02. The number of benzene rings is 3. The number of halogens is 1. The van der Waals surface area contributed by atoms with Crippen LogP contribution < -0.4 is 24.4 Å². The molecule has 0 saturated heterocycles. The number of carboxylic acid groups (broad SMARTS) is 1. The number of carbonyl (C=O) groups is 2. The fraction of sp³-hybridized carbons (Fsp3) is 0.192. The molecule has 188 valence electrons. The van der Waals surface area contributed by atoms with Crippen LogP contribution in [0.2, 0.25) is 0 Å². The zero-order valence-electron chi connectivity index (χ0n) is 19.9. The lowest BCUT2D eigenvalue weighted by Gasteiger charge is -2.15. The number of nitrogens with one attached hydrogen (secondary N) is 1. The van der Waals surface area contributed by atoms with Crippen LogP contribution in [0.3, 0.4) is 0 Å². The van der Waals surface area contributed by atoms with Gasteiger partial charge in [-0.3, -0.25) is 4.79 Å². The van der Waals surface area contributed by atoms with Gasteiger partial charge in [0.15, 0.2) is 23.0 Å². The van der Waals surface area contributed by atoms with E-state index < -0.39 is 11.9 Å². The molecule has 3 aromatic rings. The van der Waals surface area contributed by atoms with Gasteiger partial charge in [-0.05, 0) is 83.1 Å². The number of rotatable bonds is 11. The van der Waals surface area contributed by atoms with Gasteiger partial charge in [0.05, 0.1) is 36.2 Å². The van der Waals surface area contributed by atoms with E-state index in [9.17, 15) is 9.59 Å². The number of methoxy groups -OCH3 is 2. The molecule has 9 nitrogen and oxygen atoms in total. The molecular weight excluding hydrogens is 579 g/mol. The van der Waals surface area contributed by atoms with Crippen LogP contribution in [0.4, 0.5) is 0 Å². The summed E-state index contributed by atoms with van der Waals surface area (Å²) in [6, 6.07) is 14.9. The maximum Gasteiger partial charge on any atom is 0.335 e. The van der Waals surface area contributed by atoms with Gasteiger partial charge >= 0.3 is 5.97 Å². The molecule has 0 aliphatic rings. The molecule has 0 radical (unpaired) electrons. The number of amides is 1. The Morgan fingerprint density at radius 1 is 0.944 bits per heavy atom. The van der Waals surface area contributed by atoms with Gasteiger partial charge in [0.2, 0.25) is 0 Å². The SMILES string of the molecule is CCOc1cc(/C=N/NC(=O)c2ccc(OC)c(OC)c2)cc(I)c1OCc1ccc(C(=O)O)cc1. The summed E-state index contributed by atoms with van der Waals surface area (Å²) in [5, 5.41) is 13.1. The van der Waals surface area contributed by atoms with Gasteiger partial charge in [-0.15, -0.1) is 0 Å². The summed E-state index contributed by atoms with van der Waals surface area (Å²) < 4.78 is 22.9. The van der Waals surface area contributed by atoms with Crippen LogP contribution in [0.25, 0.3) is 0 Å². The Morgan fingerprint density at radius 2 is 1.64 bits per heavy atom. The Labute approximate surface area is 222 Å². The monoisotopic (exact) mass is 604 g/mol.